The third kappa shape index (κ3) is 5.76. The number of rotatable bonds is 5. The number of oxime groups is 1. The first-order valence-corrected chi connectivity index (χ1v) is 9.50. The summed E-state index contributed by atoms with van der Waals surface area (Å²) in [6.45, 7) is 6.24. The van der Waals surface area contributed by atoms with Crippen LogP contribution >= 0.6 is 0 Å². The van der Waals surface area contributed by atoms with E-state index in [-0.39, 0.29) is 30.8 Å². The molecule has 2 amide bonds. The summed E-state index contributed by atoms with van der Waals surface area (Å²) >= 11 is 0. The van der Waals surface area contributed by atoms with E-state index in [0.29, 0.717) is 17.7 Å². The second-order valence-electron chi connectivity index (χ2n) is 8.14. The Kier molecular flexibility index (Phi) is 6.15. The van der Waals surface area contributed by atoms with Crippen LogP contribution in [0.5, 0.6) is 0 Å². The minimum absolute atomic E-state index is 0.259. The Bertz CT molecular complexity index is 892. The summed E-state index contributed by atoms with van der Waals surface area (Å²) in [5.74, 6) is -0.689. The number of hydrogen-bond donors (Lipinski definition) is 1. The highest BCUT2D eigenvalue weighted by Gasteiger charge is 2.29. The topological polar surface area (TPSA) is 53.9 Å². The van der Waals surface area contributed by atoms with E-state index in [2.05, 4.69) is 10.5 Å². The lowest BCUT2D eigenvalue weighted by molar-refractivity contribution is 0.0580. The zero-order valence-corrected chi connectivity index (χ0v) is 16.8. The first-order chi connectivity index (χ1) is 13.7. The average molecular weight is 401 g/mol. The Morgan fingerprint density at radius 3 is 2.52 bits per heavy atom. The summed E-state index contributed by atoms with van der Waals surface area (Å²) in [5, 5.41) is 6.96. The van der Waals surface area contributed by atoms with Crippen molar-refractivity contribution in [2.24, 2.45) is 5.16 Å². The smallest absolute Gasteiger partial charge is 0.318 e. The van der Waals surface area contributed by atoms with Crippen molar-refractivity contribution >= 4 is 11.7 Å². The van der Waals surface area contributed by atoms with E-state index in [9.17, 15) is 13.6 Å². The fraction of sp³-hybridized carbons (Fsp3) is 0.364. The number of amides is 2. The second kappa shape index (κ2) is 8.59. The van der Waals surface area contributed by atoms with E-state index >= 15 is 0 Å². The van der Waals surface area contributed by atoms with E-state index in [1.165, 1.54) is 18.2 Å². The van der Waals surface area contributed by atoms with Gasteiger partial charge in [-0.25, -0.2) is 13.6 Å². The predicted molar refractivity (Wildman–Crippen MR) is 108 cm³/mol. The molecular formula is C22H25F2N3O2. The molecular weight excluding hydrogens is 376 g/mol. The van der Waals surface area contributed by atoms with Crippen LogP contribution in [0.2, 0.25) is 0 Å². The van der Waals surface area contributed by atoms with Gasteiger partial charge in [-0.05, 0) is 44.5 Å². The molecule has 0 spiro atoms. The van der Waals surface area contributed by atoms with Gasteiger partial charge in [0.25, 0.3) is 0 Å². The molecule has 1 heterocycles. The van der Waals surface area contributed by atoms with Crippen LogP contribution in [0.1, 0.15) is 38.3 Å². The van der Waals surface area contributed by atoms with Crippen LogP contribution in [-0.2, 0) is 11.4 Å². The Morgan fingerprint density at radius 2 is 1.86 bits per heavy atom. The minimum Gasteiger partial charge on any atom is -0.390 e. The molecule has 1 aliphatic heterocycles. The van der Waals surface area contributed by atoms with Gasteiger partial charge in [0, 0.05) is 24.1 Å². The quantitative estimate of drug-likeness (QED) is 0.804. The third-order valence-electron chi connectivity index (χ3n) is 4.40. The lowest BCUT2D eigenvalue weighted by Gasteiger charge is -2.29. The highest BCUT2D eigenvalue weighted by atomic mass is 19.1. The molecule has 1 N–H and O–H groups in total. The summed E-state index contributed by atoms with van der Waals surface area (Å²) in [4.78, 5) is 19.9. The van der Waals surface area contributed by atoms with E-state index in [1.54, 1.807) is 35.2 Å². The third-order valence-corrected chi connectivity index (χ3v) is 4.40. The van der Waals surface area contributed by atoms with Crippen LogP contribution in [0.15, 0.2) is 53.7 Å². The number of halogens is 2. The molecule has 0 bridgehead atoms. The molecule has 2 aromatic carbocycles. The van der Waals surface area contributed by atoms with Crippen LogP contribution in [0.4, 0.5) is 13.6 Å². The minimum atomic E-state index is -0.413. The second-order valence-corrected chi connectivity index (χ2v) is 8.14. The molecule has 0 saturated carbocycles. The molecule has 0 saturated heterocycles. The first kappa shape index (κ1) is 20.8. The van der Waals surface area contributed by atoms with E-state index in [0.717, 1.165) is 5.56 Å². The molecule has 154 valence electrons. The first-order valence-electron chi connectivity index (χ1n) is 9.50. The van der Waals surface area contributed by atoms with Gasteiger partial charge in [-0.2, -0.15) is 0 Å². The largest absolute Gasteiger partial charge is 0.390 e. The molecule has 0 fully saturated rings. The Hall–Kier alpha value is -2.96. The number of carbonyl (C=O) groups excluding carboxylic acids is 1. The maximum absolute atomic E-state index is 14.0. The number of urea groups is 1. The van der Waals surface area contributed by atoms with Gasteiger partial charge >= 0.3 is 6.03 Å². The van der Waals surface area contributed by atoms with Gasteiger partial charge in [0.2, 0.25) is 0 Å². The summed E-state index contributed by atoms with van der Waals surface area (Å²) < 4.78 is 27.2. The van der Waals surface area contributed by atoms with Crippen molar-refractivity contribution in [3.8, 4) is 0 Å². The highest BCUT2D eigenvalue weighted by molar-refractivity contribution is 6.01. The fourth-order valence-corrected chi connectivity index (χ4v) is 3.06. The van der Waals surface area contributed by atoms with E-state index < -0.39 is 11.6 Å². The van der Waals surface area contributed by atoms with Crippen molar-refractivity contribution in [3.63, 3.8) is 0 Å². The van der Waals surface area contributed by atoms with E-state index in [1.807, 2.05) is 20.8 Å². The molecule has 5 nitrogen and oxygen atoms in total. The Labute approximate surface area is 169 Å². The Morgan fingerprint density at radius 1 is 1.17 bits per heavy atom. The van der Waals surface area contributed by atoms with Gasteiger partial charge < -0.3 is 15.1 Å². The maximum Gasteiger partial charge on any atom is 0.318 e. The maximum atomic E-state index is 14.0. The lowest BCUT2D eigenvalue weighted by Crippen LogP contribution is -2.50. The Balaban J connectivity index is 1.70. The molecule has 1 aliphatic rings. The number of carbonyl (C=O) groups is 1. The standard InChI is InChI=1S/C22H25F2N3O2/c1-22(2,3)25-21(28)27(13-15-8-10-16(23)11-9-15)14-17-12-20(26-29-17)18-6-4-5-7-19(18)24/h4-11,17H,12-14H2,1-3H3,(H,25,28)/t17-/m1/s1. The van der Waals surface area contributed by atoms with Gasteiger partial charge in [-0.1, -0.05) is 35.5 Å². The van der Waals surface area contributed by atoms with Gasteiger partial charge in [-0.3, -0.25) is 0 Å². The van der Waals surface area contributed by atoms with Crippen molar-refractivity contribution in [2.75, 3.05) is 6.54 Å². The fourth-order valence-electron chi connectivity index (χ4n) is 3.06. The molecule has 3 rings (SSSR count). The normalized spacial score (nSPS) is 16.2. The van der Waals surface area contributed by atoms with Crippen LogP contribution in [0.25, 0.3) is 0 Å². The van der Waals surface area contributed by atoms with Gasteiger partial charge in [0.05, 0.1) is 12.3 Å². The van der Waals surface area contributed by atoms with Crippen molar-refractivity contribution < 1.29 is 18.4 Å². The summed E-state index contributed by atoms with van der Waals surface area (Å²) in [7, 11) is 0. The van der Waals surface area contributed by atoms with Crippen LogP contribution < -0.4 is 5.32 Å². The van der Waals surface area contributed by atoms with Crippen molar-refractivity contribution in [2.45, 2.75) is 45.4 Å². The molecule has 29 heavy (non-hydrogen) atoms. The SMILES string of the molecule is CC(C)(C)NC(=O)N(Cc1ccc(F)cc1)C[C@H]1CC(c2ccccc2F)=NO1. The number of hydrogen-bond acceptors (Lipinski definition) is 3. The molecule has 0 aromatic heterocycles. The van der Waals surface area contributed by atoms with Crippen LogP contribution in [-0.4, -0.2) is 34.8 Å². The zero-order valence-electron chi connectivity index (χ0n) is 16.8. The number of nitrogens with zero attached hydrogens (tertiary/aromatic N) is 2. The van der Waals surface area contributed by atoms with Gasteiger partial charge in [0.1, 0.15) is 11.6 Å². The van der Waals surface area contributed by atoms with E-state index in [4.69, 9.17) is 4.84 Å². The van der Waals surface area contributed by atoms with Crippen molar-refractivity contribution in [3.05, 3.63) is 71.3 Å². The van der Waals surface area contributed by atoms with Gasteiger partial charge in [-0.15, -0.1) is 0 Å². The number of benzene rings is 2. The molecule has 0 radical (unpaired) electrons. The molecule has 1 atom stereocenters. The summed E-state index contributed by atoms with van der Waals surface area (Å²) in [5.41, 5.74) is 1.30. The molecule has 2 aromatic rings. The zero-order chi connectivity index (χ0) is 21.0. The lowest BCUT2D eigenvalue weighted by atomic mass is 10.0. The van der Waals surface area contributed by atoms with Crippen molar-refractivity contribution in [1.29, 1.82) is 0 Å². The van der Waals surface area contributed by atoms with Crippen LogP contribution in [0.3, 0.4) is 0 Å². The van der Waals surface area contributed by atoms with Crippen molar-refractivity contribution in [1.82, 2.24) is 10.2 Å². The molecule has 0 aliphatic carbocycles. The monoisotopic (exact) mass is 401 g/mol. The number of nitrogens with one attached hydrogen (secondary N) is 1. The highest BCUT2D eigenvalue weighted by Crippen LogP contribution is 2.21. The predicted octanol–water partition coefficient (Wildman–Crippen LogP) is 4.47. The summed E-state index contributed by atoms with van der Waals surface area (Å²) in [6, 6.07) is 12.1. The molecule has 7 heteroatoms. The van der Waals surface area contributed by atoms with Crippen LogP contribution in [0, 0.1) is 11.6 Å². The summed E-state index contributed by atoms with van der Waals surface area (Å²) in [6.07, 6.45) is -0.000294. The molecule has 0 unspecified atom stereocenters. The average Bonchev–Trinajstić information content (AvgIpc) is 3.10. The van der Waals surface area contributed by atoms with Gasteiger partial charge in [0.15, 0.2) is 6.10 Å².